The maximum Gasteiger partial charge on any atom is 0.325 e. The van der Waals surface area contributed by atoms with Gasteiger partial charge < -0.3 is 15.6 Å². The number of nitrogens with two attached hydrogens (primary N) is 1. The molecular weight excluding hydrogens is 226 g/mol. The van der Waals surface area contributed by atoms with Gasteiger partial charge in [-0.1, -0.05) is 12.1 Å². The fourth-order valence-corrected chi connectivity index (χ4v) is 2.39. The van der Waals surface area contributed by atoms with Gasteiger partial charge in [-0.3, -0.25) is 9.10 Å². The molecule has 1 atom stereocenters. The number of hydrogen-bond donors (Lipinski definition) is 3. The highest BCUT2D eigenvalue weighted by atomic mass is 32.2. The van der Waals surface area contributed by atoms with Crippen LogP contribution in [0.25, 0.3) is 0 Å². The number of aliphatic carboxylic acids is 1. The van der Waals surface area contributed by atoms with Gasteiger partial charge in [-0.15, -0.1) is 0 Å². The molecule has 1 aliphatic rings. The lowest BCUT2D eigenvalue weighted by atomic mass is 10.0. The third kappa shape index (κ3) is 1.94. The molecule has 0 saturated heterocycles. The third-order valence-electron chi connectivity index (χ3n) is 2.40. The van der Waals surface area contributed by atoms with Crippen LogP contribution in [-0.2, 0) is 4.79 Å². The molecule has 4 N–H and O–H groups in total. The van der Waals surface area contributed by atoms with E-state index in [2.05, 4.69) is 4.72 Å². The minimum Gasteiger partial charge on any atom is -0.480 e. The van der Waals surface area contributed by atoms with Crippen LogP contribution in [-0.4, -0.2) is 23.2 Å². The summed E-state index contributed by atoms with van der Waals surface area (Å²) < 4.78 is 4.96. The Morgan fingerprint density at radius 2 is 2.31 bits per heavy atom. The zero-order valence-corrected chi connectivity index (χ0v) is 9.62. The quantitative estimate of drug-likeness (QED) is 0.690. The van der Waals surface area contributed by atoms with Crippen LogP contribution in [0.1, 0.15) is 6.92 Å². The van der Waals surface area contributed by atoms with E-state index in [1.165, 1.54) is 19.1 Å². The topological polar surface area (TPSA) is 78.6 Å². The molecule has 0 spiro atoms. The van der Waals surface area contributed by atoms with Crippen molar-refractivity contribution in [2.24, 2.45) is 5.73 Å². The van der Waals surface area contributed by atoms with E-state index in [4.69, 9.17) is 10.8 Å². The summed E-state index contributed by atoms with van der Waals surface area (Å²) >= 11 is 1.36. The van der Waals surface area contributed by atoms with E-state index in [0.29, 0.717) is 0 Å². The second-order valence-electron chi connectivity index (χ2n) is 3.97. The van der Waals surface area contributed by atoms with Crippen molar-refractivity contribution in [3.8, 4) is 0 Å². The van der Waals surface area contributed by atoms with Crippen molar-refractivity contribution in [2.45, 2.75) is 12.5 Å². The second kappa shape index (κ2) is 3.88. The van der Waals surface area contributed by atoms with Gasteiger partial charge in [0, 0.05) is 0 Å². The van der Waals surface area contributed by atoms with E-state index in [1.807, 2.05) is 28.6 Å². The number of rotatable bonds is 3. The Morgan fingerprint density at radius 1 is 1.62 bits per heavy atom. The number of nitrogens with one attached hydrogen (secondary N) is 1. The van der Waals surface area contributed by atoms with E-state index in [-0.39, 0.29) is 6.54 Å². The summed E-state index contributed by atoms with van der Waals surface area (Å²) in [5, 5.41) is 8.97. The molecule has 0 radical (unpaired) electrons. The molecule has 1 aromatic rings. The van der Waals surface area contributed by atoms with Crippen molar-refractivity contribution < 1.29 is 9.90 Å². The predicted molar refractivity (Wildman–Crippen MR) is 65.2 cm³/mol. The minimum atomic E-state index is -1.26. The number of para-hydroxylation sites is 2. The SMILES string of the molecule is C[C@](N)(CN1SNc2ccccc21)C(=O)O. The number of nitrogens with zero attached hydrogens (tertiary/aromatic N) is 1. The highest BCUT2D eigenvalue weighted by Crippen LogP contribution is 2.39. The Morgan fingerprint density at radius 3 is 3.00 bits per heavy atom. The maximum absolute atomic E-state index is 10.9. The third-order valence-corrected chi connectivity index (χ3v) is 3.26. The standard InChI is InChI=1S/C10H13N3O2S/c1-10(11,9(14)15)6-13-8-5-3-2-4-7(8)12-16-13/h2-5,12H,6,11H2,1H3,(H,14,15)/t10-/m0/s1. The average molecular weight is 239 g/mol. The van der Waals surface area contributed by atoms with Crippen LogP contribution in [0.4, 0.5) is 11.4 Å². The summed E-state index contributed by atoms with van der Waals surface area (Å²) in [5.74, 6) is -1.00. The molecule has 6 heteroatoms. The van der Waals surface area contributed by atoms with Crippen molar-refractivity contribution in [1.82, 2.24) is 0 Å². The van der Waals surface area contributed by atoms with Crippen LogP contribution < -0.4 is 14.8 Å². The van der Waals surface area contributed by atoms with Gasteiger partial charge in [-0.05, 0) is 19.1 Å². The van der Waals surface area contributed by atoms with Crippen LogP contribution in [0.5, 0.6) is 0 Å². The molecule has 1 heterocycles. The van der Waals surface area contributed by atoms with E-state index in [0.717, 1.165) is 11.4 Å². The largest absolute Gasteiger partial charge is 0.480 e. The fraction of sp³-hybridized carbons (Fsp3) is 0.300. The monoisotopic (exact) mass is 239 g/mol. The summed E-state index contributed by atoms with van der Waals surface area (Å²) in [5.41, 5.74) is 6.40. The van der Waals surface area contributed by atoms with Crippen molar-refractivity contribution >= 4 is 29.5 Å². The van der Waals surface area contributed by atoms with E-state index >= 15 is 0 Å². The smallest absolute Gasteiger partial charge is 0.325 e. The van der Waals surface area contributed by atoms with E-state index < -0.39 is 11.5 Å². The van der Waals surface area contributed by atoms with Gasteiger partial charge in [0.1, 0.15) is 5.54 Å². The molecule has 0 aliphatic carbocycles. The molecule has 0 bridgehead atoms. The first-order valence-corrected chi connectivity index (χ1v) is 5.60. The van der Waals surface area contributed by atoms with Crippen LogP contribution in [0.15, 0.2) is 24.3 Å². The zero-order valence-electron chi connectivity index (χ0n) is 8.80. The van der Waals surface area contributed by atoms with E-state index in [1.54, 1.807) is 0 Å². The minimum absolute atomic E-state index is 0.247. The van der Waals surface area contributed by atoms with Gasteiger partial charge in [0.25, 0.3) is 0 Å². The summed E-state index contributed by atoms with van der Waals surface area (Å²) in [6, 6.07) is 7.71. The summed E-state index contributed by atoms with van der Waals surface area (Å²) in [7, 11) is 0. The first-order valence-electron chi connectivity index (χ1n) is 4.82. The number of benzene rings is 1. The van der Waals surface area contributed by atoms with Gasteiger partial charge in [0.2, 0.25) is 0 Å². The fourth-order valence-electron chi connectivity index (χ4n) is 1.41. The number of fused-ring (bicyclic) bond motifs is 1. The highest BCUT2D eigenvalue weighted by molar-refractivity contribution is 8.02. The van der Waals surface area contributed by atoms with Gasteiger partial charge in [0.05, 0.1) is 30.1 Å². The number of anilines is 2. The summed E-state index contributed by atoms with van der Waals surface area (Å²) in [6.45, 7) is 1.76. The lowest BCUT2D eigenvalue weighted by molar-refractivity contribution is -0.142. The Balaban J connectivity index is 2.18. The second-order valence-corrected chi connectivity index (χ2v) is 4.80. The van der Waals surface area contributed by atoms with Gasteiger partial charge >= 0.3 is 5.97 Å². The van der Waals surface area contributed by atoms with Crippen molar-refractivity contribution in [3.05, 3.63) is 24.3 Å². The van der Waals surface area contributed by atoms with Crippen LogP contribution >= 0.6 is 12.1 Å². The molecule has 16 heavy (non-hydrogen) atoms. The van der Waals surface area contributed by atoms with Crippen molar-refractivity contribution in [1.29, 1.82) is 0 Å². The number of carbonyl (C=O) groups is 1. The van der Waals surface area contributed by atoms with Crippen LogP contribution in [0, 0.1) is 0 Å². The molecule has 0 fully saturated rings. The number of carboxylic acids is 1. The lowest BCUT2D eigenvalue weighted by Crippen LogP contribution is -2.52. The number of hydrogen-bond acceptors (Lipinski definition) is 5. The van der Waals surface area contributed by atoms with Crippen LogP contribution in [0.2, 0.25) is 0 Å². The molecule has 0 aromatic heterocycles. The van der Waals surface area contributed by atoms with E-state index in [9.17, 15) is 4.79 Å². The van der Waals surface area contributed by atoms with Gasteiger partial charge in [-0.2, -0.15) is 0 Å². The van der Waals surface area contributed by atoms with Crippen molar-refractivity contribution in [3.63, 3.8) is 0 Å². The molecule has 0 amide bonds. The van der Waals surface area contributed by atoms with Crippen molar-refractivity contribution in [2.75, 3.05) is 15.6 Å². The summed E-state index contributed by atoms with van der Waals surface area (Å²) in [4.78, 5) is 10.9. The van der Waals surface area contributed by atoms with Gasteiger partial charge in [-0.25, -0.2) is 0 Å². The zero-order chi connectivity index (χ0) is 11.8. The lowest BCUT2D eigenvalue weighted by Gasteiger charge is -2.25. The molecule has 1 aliphatic heterocycles. The normalized spacial score (nSPS) is 17.5. The number of carboxylic acid groups (broad SMARTS) is 1. The molecule has 5 nitrogen and oxygen atoms in total. The Labute approximate surface area is 97.9 Å². The molecular formula is C10H13N3O2S. The van der Waals surface area contributed by atoms with Crippen LogP contribution in [0.3, 0.4) is 0 Å². The highest BCUT2D eigenvalue weighted by Gasteiger charge is 2.33. The molecule has 0 saturated carbocycles. The average Bonchev–Trinajstić information content (AvgIpc) is 2.61. The Hall–Kier alpha value is -1.40. The summed E-state index contributed by atoms with van der Waals surface area (Å²) in [6.07, 6.45) is 0. The maximum atomic E-state index is 10.9. The Bertz CT molecular complexity index is 422. The first kappa shape index (κ1) is 11.1. The van der Waals surface area contributed by atoms with Gasteiger partial charge in [0.15, 0.2) is 0 Å². The molecule has 0 unspecified atom stereocenters. The predicted octanol–water partition coefficient (Wildman–Crippen LogP) is 1.28. The Kier molecular flexibility index (Phi) is 2.69. The molecule has 86 valence electrons. The molecule has 2 rings (SSSR count). The molecule has 1 aromatic carbocycles. The first-order chi connectivity index (χ1) is 7.50.